The van der Waals surface area contributed by atoms with Crippen molar-refractivity contribution in [2.24, 2.45) is 7.05 Å². The van der Waals surface area contributed by atoms with Crippen molar-refractivity contribution in [2.75, 3.05) is 5.43 Å². The smallest absolute Gasteiger partial charge is 0.244 e. The standard InChI is InChI=1S/C21H19N4/c1-24-21(18-13-7-3-8-14-18)25(22-19-15-9-4-10-16-19)20(23-24)17-11-5-2-6-12-17/h2-16,22H,1H3/q+1. The molecule has 122 valence electrons. The van der Waals surface area contributed by atoms with Gasteiger partial charge in [-0.1, -0.05) is 54.6 Å². The highest BCUT2D eigenvalue weighted by atomic mass is 15.5. The molecule has 1 aromatic heterocycles. The molecule has 0 radical (unpaired) electrons. The van der Waals surface area contributed by atoms with Gasteiger partial charge in [0.25, 0.3) is 5.82 Å². The fraction of sp³-hybridized carbons (Fsp3) is 0.0476. The van der Waals surface area contributed by atoms with Gasteiger partial charge in [0, 0.05) is 5.10 Å². The van der Waals surface area contributed by atoms with Gasteiger partial charge in [0.05, 0.1) is 23.9 Å². The third kappa shape index (κ3) is 3.02. The van der Waals surface area contributed by atoms with Gasteiger partial charge in [-0.15, -0.1) is 9.36 Å². The molecule has 0 amide bonds. The van der Waals surface area contributed by atoms with Gasteiger partial charge in [-0.05, 0) is 36.4 Å². The molecule has 0 atom stereocenters. The lowest BCUT2D eigenvalue weighted by Gasteiger charge is -2.08. The van der Waals surface area contributed by atoms with Crippen LogP contribution in [-0.4, -0.2) is 9.78 Å². The largest absolute Gasteiger partial charge is 0.331 e. The zero-order chi connectivity index (χ0) is 17.1. The Balaban J connectivity index is 1.91. The summed E-state index contributed by atoms with van der Waals surface area (Å²) in [5, 5.41) is 4.77. The first kappa shape index (κ1) is 15.1. The van der Waals surface area contributed by atoms with Crippen molar-refractivity contribution in [1.82, 2.24) is 9.78 Å². The van der Waals surface area contributed by atoms with Crippen LogP contribution in [-0.2, 0) is 7.05 Å². The average molecular weight is 327 g/mol. The molecule has 0 spiro atoms. The summed E-state index contributed by atoms with van der Waals surface area (Å²) in [5.41, 5.74) is 6.66. The second-order valence-corrected chi connectivity index (χ2v) is 5.82. The molecule has 4 rings (SSSR count). The fourth-order valence-electron chi connectivity index (χ4n) is 2.90. The molecule has 0 saturated heterocycles. The van der Waals surface area contributed by atoms with Crippen LogP contribution in [0, 0.1) is 0 Å². The Bertz CT molecular complexity index is 961. The molecule has 4 heteroatoms. The van der Waals surface area contributed by atoms with E-state index in [1.165, 1.54) is 0 Å². The zero-order valence-corrected chi connectivity index (χ0v) is 14.0. The number of nitrogens with one attached hydrogen (secondary N) is 1. The number of hydrogen-bond acceptors (Lipinski definition) is 2. The van der Waals surface area contributed by atoms with Crippen molar-refractivity contribution in [2.45, 2.75) is 0 Å². The summed E-state index contributed by atoms with van der Waals surface area (Å²) in [6, 6.07) is 30.6. The first-order valence-electron chi connectivity index (χ1n) is 8.25. The van der Waals surface area contributed by atoms with E-state index in [0.29, 0.717) is 0 Å². The van der Waals surface area contributed by atoms with Crippen LogP contribution in [0.5, 0.6) is 0 Å². The molecule has 0 aliphatic carbocycles. The van der Waals surface area contributed by atoms with Crippen molar-refractivity contribution in [1.29, 1.82) is 0 Å². The number of rotatable bonds is 4. The van der Waals surface area contributed by atoms with Gasteiger partial charge in [-0.25, -0.2) is 5.43 Å². The monoisotopic (exact) mass is 327 g/mol. The van der Waals surface area contributed by atoms with Crippen LogP contribution < -0.4 is 10.1 Å². The maximum atomic E-state index is 4.77. The number of anilines is 1. The minimum absolute atomic E-state index is 0.866. The molecule has 1 heterocycles. The second-order valence-electron chi connectivity index (χ2n) is 5.82. The van der Waals surface area contributed by atoms with Crippen LogP contribution in [0.1, 0.15) is 0 Å². The summed E-state index contributed by atoms with van der Waals surface area (Å²) in [4.78, 5) is 0. The van der Waals surface area contributed by atoms with Crippen molar-refractivity contribution < 1.29 is 4.68 Å². The third-order valence-electron chi connectivity index (χ3n) is 4.05. The molecular formula is C21H19N4+. The number of hydrogen-bond donors (Lipinski definition) is 1. The summed E-state index contributed by atoms with van der Waals surface area (Å²) in [7, 11) is 1.97. The first-order valence-corrected chi connectivity index (χ1v) is 8.25. The van der Waals surface area contributed by atoms with Gasteiger partial charge in [0.1, 0.15) is 0 Å². The van der Waals surface area contributed by atoms with Crippen molar-refractivity contribution in [3.63, 3.8) is 0 Å². The average Bonchev–Trinajstić information content (AvgIpc) is 3.00. The van der Waals surface area contributed by atoms with E-state index in [9.17, 15) is 0 Å². The molecule has 4 nitrogen and oxygen atoms in total. The second kappa shape index (κ2) is 6.61. The van der Waals surface area contributed by atoms with Gasteiger partial charge >= 0.3 is 5.82 Å². The number of aryl methyl sites for hydroxylation is 1. The Kier molecular flexibility index (Phi) is 4.01. The van der Waals surface area contributed by atoms with Crippen LogP contribution in [0.4, 0.5) is 5.69 Å². The Labute approximate surface area is 147 Å². The molecule has 25 heavy (non-hydrogen) atoms. The lowest BCUT2D eigenvalue weighted by atomic mass is 10.2. The van der Waals surface area contributed by atoms with E-state index in [4.69, 9.17) is 5.10 Å². The molecule has 0 unspecified atom stereocenters. The molecule has 0 aliphatic heterocycles. The Morgan fingerprint density at radius 2 is 1.24 bits per heavy atom. The molecular weight excluding hydrogens is 308 g/mol. The zero-order valence-electron chi connectivity index (χ0n) is 14.0. The number of benzene rings is 3. The summed E-state index contributed by atoms with van der Waals surface area (Å²) in [6.07, 6.45) is 0. The number of para-hydroxylation sites is 1. The van der Waals surface area contributed by atoms with E-state index in [1.54, 1.807) is 0 Å². The maximum Gasteiger partial charge on any atom is 0.331 e. The predicted octanol–water partition coefficient (Wildman–Crippen LogP) is 3.92. The van der Waals surface area contributed by atoms with E-state index in [1.807, 2.05) is 83.1 Å². The summed E-state index contributed by atoms with van der Waals surface area (Å²) < 4.78 is 3.95. The molecule has 0 saturated carbocycles. The normalized spacial score (nSPS) is 10.6. The fourth-order valence-corrected chi connectivity index (χ4v) is 2.90. The Morgan fingerprint density at radius 3 is 1.84 bits per heavy atom. The van der Waals surface area contributed by atoms with Crippen molar-refractivity contribution in [3.05, 3.63) is 91.0 Å². The third-order valence-corrected chi connectivity index (χ3v) is 4.05. The van der Waals surface area contributed by atoms with Crippen LogP contribution >= 0.6 is 0 Å². The van der Waals surface area contributed by atoms with E-state index in [0.717, 1.165) is 28.5 Å². The van der Waals surface area contributed by atoms with Gasteiger partial charge in [0.2, 0.25) is 0 Å². The van der Waals surface area contributed by atoms with Crippen LogP contribution in [0.15, 0.2) is 91.0 Å². The Morgan fingerprint density at radius 1 is 0.720 bits per heavy atom. The van der Waals surface area contributed by atoms with E-state index >= 15 is 0 Å². The topological polar surface area (TPSA) is 33.7 Å². The molecule has 1 N–H and O–H groups in total. The van der Waals surface area contributed by atoms with E-state index in [2.05, 4.69) is 29.7 Å². The van der Waals surface area contributed by atoms with E-state index < -0.39 is 0 Å². The molecule has 0 fully saturated rings. The quantitative estimate of drug-likeness (QED) is 0.577. The number of aromatic nitrogens is 3. The summed E-state index contributed by atoms with van der Waals surface area (Å²) in [5.74, 6) is 1.86. The predicted molar refractivity (Wildman–Crippen MR) is 99.7 cm³/mol. The SMILES string of the molecule is Cn1nc(-c2ccccc2)[n+](Nc2ccccc2)c1-c1ccccc1. The number of nitrogens with zero attached hydrogens (tertiary/aromatic N) is 3. The lowest BCUT2D eigenvalue weighted by Crippen LogP contribution is -2.45. The Hall–Kier alpha value is -3.40. The van der Waals surface area contributed by atoms with Gasteiger partial charge in [0.15, 0.2) is 0 Å². The minimum Gasteiger partial charge on any atom is -0.244 e. The van der Waals surface area contributed by atoms with Crippen molar-refractivity contribution in [3.8, 4) is 22.8 Å². The van der Waals surface area contributed by atoms with Gasteiger partial charge < -0.3 is 0 Å². The van der Waals surface area contributed by atoms with Crippen LogP contribution in [0.2, 0.25) is 0 Å². The van der Waals surface area contributed by atoms with Gasteiger partial charge in [-0.3, -0.25) is 0 Å². The van der Waals surface area contributed by atoms with Crippen LogP contribution in [0.25, 0.3) is 22.8 Å². The highest BCUT2D eigenvalue weighted by Gasteiger charge is 2.26. The molecule has 0 aliphatic rings. The molecule has 3 aromatic carbocycles. The lowest BCUT2D eigenvalue weighted by molar-refractivity contribution is -0.620. The first-order chi connectivity index (χ1) is 12.3. The molecule has 0 bridgehead atoms. The summed E-state index contributed by atoms with van der Waals surface area (Å²) >= 11 is 0. The van der Waals surface area contributed by atoms with E-state index in [-0.39, 0.29) is 0 Å². The van der Waals surface area contributed by atoms with Crippen molar-refractivity contribution >= 4 is 5.69 Å². The van der Waals surface area contributed by atoms with Gasteiger partial charge in [-0.2, -0.15) is 0 Å². The van der Waals surface area contributed by atoms with Crippen LogP contribution in [0.3, 0.4) is 0 Å². The molecule has 4 aromatic rings. The minimum atomic E-state index is 0.866. The highest BCUT2D eigenvalue weighted by Crippen LogP contribution is 2.20. The maximum absolute atomic E-state index is 4.77. The highest BCUT2D eigenvalue weighted by molar-refractivity contribution is 5.57. The summed E-state index contributed by atoms with van der Waals surface area (Å²) in [6.45, 7) is 0.